The zero-order valence-electron chi connectivity index (χ0n) is 9.06. The summed E-state index contributed by atoms with van der Waals surface area (Å²) in [7, 11) is 0. The topological polar surface area (TPSA) is 46.5 Å². The standard InChI is InChI=1S/C12H16O3/c1-9(7-12(13)14)8-15-11-6-4-3-5-10(11)2/h3-6,9H,7-8H2,1-2H3,(H,13,14). The third-order valence-corrected chi connectivity index (χ3v) is 2.14. The van der Waals surface area contributed by atoms with Crippen LogP contribution in [-0.2, 0) is 4.79 Å². The van der Waals surface area contributed by atoms with Crippen molar-refractivity contribution in [2.45, 2.75) is 20.3 Å². The molecule has 15 heavy (non-hydrogen) atoms. The van der Waals surface area contributed by atoms with E-state index in [1.54, 1.807) is 0 Å². The highest BCUT2D eigenvalue weighted by molar-refractivity contribution is 5.66. The zero-order valence-corrected chi connectivity index (χ0v) is 9.06. The molecule has 0 saturated heterocycles. The molecule has 1 rings (SSSR count). The summed E-state index contributed by atoms with van der Waals surface area (Å²) in [5, 5.41) is 8.58. The van der Waals surface area contributed by atoms with Crippen LogP contribution in [0.2, 0.25) is 0 Å². The second kappa shape index (κ2) is 5.39. The van der Waals surface area contributed by atoms with E-state index in [4.69, 9.17) is 9.84 Å². The molecule has 0 spiro atoms. The van der Waals surface area contributed by atoms with Crippen LogP contribution in [0.1, 0.15) is 18.9 Å². The van der Waals surface area contributed by atoms with Crippen LogP contribution in [-0.4, -0.2) is 17.7 Å². The third-order valence-electron chi connectivity index (χ3n) is 2.14. The predicted octanol–water partition coefficient (Wildman–Crippen LogP) is 2.48. The Balaban J connectivity index is 2.43. The fourth-order valence-corrected chi connectivity index (χ4v) is 1.31. The number of hydrogen-bond donors (Lipinski definition) is 1. The number of aliphatic carboxylic acids is 1. The summed E-state index contributed by atoms with van der Waals surface area (Å²) >= 11 is 0. The Bertz CT molecular complexity index is 333. The molecule has 3 heteroatoms. The second-order valence-electron chi connectivity index (χ2n) is 3.78. The molecular formula is C12H16O3. The number of aryl methyl sites for hydroxylation is 1. The van der Waals surface area contributed by atoms with Crippen molar-refractivity contribution in [1.29, 1.82) is 0 Å². The van der Waals surface area contributed by atoms with Gasteiger partial charge in [0.05, 0.1) is 13.0 Å². The van der Waals surface area contributed by atoms with Gasteiger partial charge in [-0.3, -0.25) is 4.79 Å². The lowest BCUT2D eigenvalue weighted by Crippen LogP contribution is -2.13. The summed E-state index contributed by atoms with van der Waals surface area (Å²) in [5.74, 6) is 0.0766. The van der Waals surface area contributed by atoms with E-state index in [2.05, 4.69) is 0 Å². The lowest BCUT2D eigenvalue weighted by atomic mass is 10.1. The largest absolute Gasteiger partial charge is 0.493 e. The first kappa shape index (κ1) is 11.6. The second-order valence-corrected chi connectivity index (χ2v) is 3.78. The van der Waals surface area contributed by atoms with Crippen LogP contribution < -0.4 is 4.74 Å². The average molecular weight is 208 g/mol. The predicted molar refractivity (Wildman–Crippen MR) is 58.1 cm³/mol. The molecule has 0 radical (unpaired) electrons. The Kier molecular flexibility index (Phi) is 4.16. The Morgan fingerprint density at radius 1 is 1.47 bits per heavy atom. The maximum Gasteiger partial charge on any atom is 0.303 e. The summed E-state index contributed by atoms with van der Waals surface area (Å²) < 4.78 is 5.54. The molecule has 1 atom stereocenters. The van der Waals surface area contributed by atoms with Crippen molar-refractivity contribution in [3.8, 4) is 5.75 Å². The summed E-state index contributed by atoms with van der Waals surface area (Å²) in [5.41, 5.74) is 1.07. The van der Waals surface area contributed by atoms with Crippen LogP contribution in [0.3, 0.4) is 0 Å². The van der Waals surface area contributed by atoms with Gasteiger partial charge in [-0.25, -0.2) is 0 Å². The maximum atomic E-state index is 10.4. The minimum atomic E-state index is -0.782. The molecule has 0 heterocycles. The normalized spacial score (nSPS) is 12.1. The van der Waals surface area contributed by atoms with Gasteiger partial charge in [0.2, 0.25) is 0 Å². The number of hydrogen-bond acceptors (Lipinski definition) is 2. The lowest BCUT2D eigenvalue weighted by Gasteiger charge is -2.12. The van der Waals surface area contributed by atoms with E-state index in [1.807, 2.05) is 38.1 Å². The van der Waals surface area contributed by atoms with Gasteiger partial charge in [0, 0.05) is 5.92 Å². The molecular weight excluding hydrogens is 192 g/mol. The quantitative estimate of drug-likeness (QED) is 0.808. The fraction of sp³-hybridized carbons (Fsp3) is 0.417. The van der Waals surface area contributed by atoms with E-state index in [0.29, 0.717) is 6.61 Å². The molecule has 0 aromatic heterocycles. The summed E-state index contributed by atoms with van der Waals surface area (Å²) in [6.45, 7) is 4.28. The molecule has 1 aromatic rings. The smallest absolute Gasteiger partial charge is 0.303 e. The van der Waals surface area contributed by atoms with Crippen molar-refractivity contribution in [3.63, 3.8) is 0 Å². The molecule has 0 amide bonds. The molecule has 1 N–H and O–H groups in total. The van der Waals surface area contributed by atoms with Crippen molar-refractivity contribution in [2.24, 2.45) is 5.92 Å². The summed E-state index contributed by atoms with van der Waals surface area (Å²) in [6, 6.07) is 7.72. The van der Waals surface area contributed by atoms with Gasteiger partial charge in [-0.05, 0) is 18.6 Å². The van der Waals surface area contributed by atoms with E-state index in [0.717, 1.165) is 11.3 Å². The highest BCUT2D eigenvalue weighted by Gasteiger charge is 2.08. The van der Waals surface area contributed by atoms with Gasteiger partial charge in [0.15, 0.2) is 0 Å². The zero-order chi connectivity index (χ0) is 11.3. The van der Waals surface area contributed by atoms with Crippen LogP contribution in [0.15, 0.2) is 24.3 Å². The number of carbonyl (C=O) groups is 1. The number of benzene rings is 1. The van der Waals surface area contributed by atoms with E-state index in [-0.39, 0.29) is 12.3 Å². The fourth-order valence-electron chi connectivity index (χ4n) is 1.31. The molecule has 0 bridgehead atoms. The number of rotatable bonds is 5. The van der Waals surface area contributed by atoms with Gasteiger partial charge >= 0.3 is 5.97 Å². The van der Waals surface area contributed by atoms with Crippen molar-refractivity contribution in [3.05, 3.63) is 29.8 Å². The Labute approximate surface area is 89.7 Å². The molecule has 0 saturated carbocycles. The molecule has 0 aliphatic rings. The van der Waals surface area contributed by atoms with Crippen molar-refractivity contribution in [2.75, 3.05) is 6.61 Å². The molecule has 3 nitrogen and oxygen atoms in total. The SMILES string of the molecule is Cc1ccccc1OCC(C)CC(=O)O. The Morgan fingerprint density at radius 2 is 2.13 bits per heavy atom. The number of carboxylic acid groups (broad SMARTS) is 1. The molecule has 0 aliphatic heterocycles. The minimum absolute atomic E-state index is 0.0297. The number of carboxylic acids is 1. The summed E-state index contributed by atoms with van der Waals surface area (Å²) in [6.07, 6.45) is 0.145. The van der Waals surface area contributed by atoms with E-state index in [1.165, 1.54) is 0 Å². The average Bonchev–Trinajstić information content (AvgIpc) is 2.15. The molecule has 1 aromatic carbocycles. The van der Waals surface area contributed by atoms with Crippen molar-refractivity contribution >= 4 is 5.97 Å². The van der Waals surface area contributed by atoms with Crippen LogP contribution in [0.5, 0.6) is 5.75 Å². The maximum absolute atomic E-state index is 10.4. The van der Waals surface area contributed by atoms with Crippen LogP contribution in [0.25, 0.3) is 0 Å². The van der Waals surface area contributed by atoms with Crippen molar-refractivity contribution < 1.29 is 14.6 Å². The molecule has 82 valence electrons. The Hall–Kier alpha value is -1.51. The van der Waals surface area contributed by atoms with Crippen LogP contribution in [0, 0.1) is 12.8 Å². The van der Waals surface area contributed by atoms with Gasteiger partial charge in [-0.2, -0.15) is 0 Å². The van der Waals surface area contributed by atoms with Gasteiger partial charge in [0.25, 0.3) is 0 Å². The monoisotopic (exact) mass is 208 g/mol. The first-order chi connectivity index (χ1) is 7.09. The third kappa shape index (κ3) is 4.02. The van der Waals surface area contributed by atoms with E-state index < -0.39 is 5.97 Å². The first-order valence-corrected chi connectivity index (χ1v) is 5.00. The van der Waals surface area contributed by atoms with Gasteiger partial charge in [0.1, 0.15) is 5.75 Å². The van der Waals surface area contributed by atoms with Crippen LogP contribution in [0.4, 0.5) is 0 Å². The molecule has 1 unspecified atom stereocenters. The Morgan fingerprint density at radius 3 is 2.73 bits per heavy atom. The van der Waals surface area contributed by atoms with E-state index in [9.17, 15) is 4.79 Å². The van der Waals surface area contributed by atoms with Gasteiger partial charge in [-0.15, -0.1) is 0 Å². The first-order valence-electron chi connectivity index (χ1n) is 5.00. The van der Waals surface area contributed by atoms with E-state index >= 15 is 0 Å². The van der Waals surface area contributed by atoms with Gasteiger partial charge in [-0.1, -0.05) is 25.1 Å². The minimum Gasteiger partial charge on any atom is -0.493 e. The molecule has 0 aliphatic carbocycles. The highest BCUT2D eigenvalue weighted by atomic mass is 16.5. The summed E-state index contributed by atoms with van der Waals surface area (Å²) in [4.78, 5) is 10.4. The number of ether oxygens (including phenoxy) is 1. The molecule has 0 fully saturated rings. The van der Waals surface area contributed by atoms with Crippen molar-refractivity contribution in [1.82, 2.24) is 0 Å². The lowest BCUT2D eigenvalue weighted by molar-refractivity contribution is -0.138. The van der Waals surface area contributed by atoms with Crippen LogP contribution >= 0.6 is 0 Å². The van der Waals surface area contributed by atoms with Gasteiger partial charge < -0.3 is 9.84 Å². The number of para-hydroxylation sites is 1. The highest BCUT2D eigenvalue weighted by Crippen LogP contribution is 2.17.